The predicted octanol–water partition coefficient (Wildman–Crippen LogP) is 4.13. The van der Waals surface area contributed by atoms with Crippen molar-refractivity contribution in [2.24, 2.45) is 4.99 Å². The SMILES string of the molecule is Cc1ccc(NC(=O)CC2SC3=NCN(c4cccc(Br)c4)CN3C2=O)c(C)c1. The molecule has 150 valence electrons. The lowest BCUT2D eigenvalue weighted by Gasteiger charge is -2.32. The van der Waals surface area contributed by atoms with E-state index in [9.17, 15) is 9.59 Å². The topological polar surface area (TPSA) is 65.0 Å². The van der Waals surface area contributed by atoms with Crippen LogP contribution in [0, 0.1) is 13.8 Å². The lowest BCUT2D eigenvalue weighted by atomic mass is 10.1. The second-order valence-electron chi connectivity index (χ2n) is 7.19. The number of carbonyl (C=O) groups is 2. The smallest absolute Gasteiger partial charge is 0.244 e. The zero-order valence-electron chi connectivity index (χ0n) is 16.2. The molecular weight excluding hydrogens is 452 g/mol. The Balaban J connectivity index is 1.41. The average Bonchev–Trinajstić information content (AvgIpc) is 2.99. The Hall–Kier alpha value is -2.32. The largest absolute Gasteiger partial charge is 0.334 e. The highest BCUT2D eigenvalue weighted by molar-refractivity contribution is 9.10. The minimum atomic E-state index is -0.443. The number of amides is 2. The molecule has 2 aliphatic heterocycles. The maximum atomic E-state index is 12.9. The Labute approximate surface area is 182 Å². The lowest BCUT2D eigenvalue weighted by molar-refractivity contribution is -0.128. The van der Waals surface area contributed by atoms with Crippen molar-refractivity contribution in [3.05, 3.63) is 58.1 Å². The Morgan fingerprint density at radius 3 is 2.86 bits per heavy atom. The molecule has 1 N–H and O–H groups in total. The number of thioether (sulfide) groups is 1. The summed E-state index contributed by atoms with van der Waals surface area (Å²) in [6.45, 7) is 4.91. The van der Waals surface area contributed by atoms with Gasteiger partial charge in [0.25, 0.3) is 0 Å². The summed E-state index contributed by atoms with van der Waals surface area (Å²) in [4.78, 5) is 33.7. The molecule has 2 aromatic rings. The summed E-state index contributed by atoms with van der Waals surface area (Å²) >= 11 is 4.86. The maximum absolute atomic E-state index is 12.9. The van der Waals surface area contributed by atoms with E-state index in [1.54, 1.807) is 4.90 Å². The fraction of sp³-hybridized carbons (Fsp3) is 0.286. The molecular formula is C21H21BrN4O2S. The molecule has 2 aliphatic rings. The number of halogens is 1. The first-order chi connectivity index (χ1) is 13.9. The van der Waals surface area contributed by atoms with Gasteiger partial charge in [0.2, 0.25) is 11.8 Å². The van der Waals surface area contributed by atoms with E-state index in [-0.39, 0.29) is 18.2 Å². The van der Waals surface area contributed by atoms with Gasteiger partial charge in [-0.25, -0.2) is 4.99 Å². The summed E-state index contributed by atoms with van der Waals surface area (Å²) in [5.41, 5.74) is 3.94. The maximum Gasteiger partial charge on any atom is 0.244 e. The molecule has 1 unspecified atom stereocenters. The first-order valence-electron chi connectivity index (χ1n) is 9.31. The molecule has 0 saturated carbocycles. The third-order valence-corrected chi connectivity index (χ3v) is 6.62. The molecule has 2 amide bonds. The van der Waals surface area contributed by atoms with E-state index in [0.717, 1.165) is 27.0 Å². The second kappa shape index (κ2) is 8.20. The third kappa shape index (κ3) is 4.33. The van der Waals surface area contributed by atoms with Crippen molar-refractivity contribution in [3.8, 4) is 0 Å². The first-order valence-corrected chi connectivity index (χ1v) is 11.0. The minimum absolute atomic E-state index is 0.0655. The zero-order chi connectivity index (χ0) is 20.5. The number of benzene rings is 2. The molecule has 0 spiro atoms. The van der Waals surface area contributed by atoms with Crippen LogP contribution in [0.2, 0.25) is 0 Å². The predicted molar refractivity (Wildman–Crippen MR) is 121 cm³/mol. The fourth-order valence-corrected chi connectivity index (χ4v) is 4.92. The Morgan fingerprint density at radius 2 is 2.10 bits per heavy atom. The summed E-state index contributed by atoms with van der Waals surface area (Å²) in [5.74, 6) is -0.226. The van der Waals surface area contributed by atoms with Gasteiger partial charge in [-0.2, -0.15) is 0 Å². The van der Waals surface area contributed by atoms with Crippen molar-refractivity contribution in [1.82, 2.24) is 4.90 Å². The molecule has 0 aliphatic carbocycles. The molecule has 1 atom stereocenters. The van der Waals surface area contributed by atoms with Crippen molar-refractivity contribution >= 4 is 56.0 Å². The van der Waals surface area contributed by atoms with Gasteiger partial charge in [-0.1, -0.05) is 51.5 Å². The standard InChI is InChI=1S/C21H21BrN4O2S/c1-13-6-7-17(14(2)8-13)24-19(27)10-18-20(28)26-12-25(11-23-21(26)29-18)16-5-3-4-15(22)9-16/h3-9,18H,10-12H2,1-2H3,(H,24,27). The van der Waals surface area contributed by atoms with Gasteiger partial charge in [-0.3, -0.25) is 14.5 Å². The number of hydrogen-bond donors (Lipinski definition) is 1. The van der Waals surface area contributed by atoms with Crippen LogP contribution in [-0.2, 0) is 9.59 Å². The lowest BCUT2D eigenvalue weighted by Crippen LogP contribution is -2.46. The third-order valence-electron chi connectivity index (χ3n) is 4.91. The van der Waals surface area contributed by atoms with Gasteiger partial charge in [-0.15, -0.1) is 0 Å². The van der Waals surface area contributed by atoms with Crippen LogP contribution in [0.5, 0.6) is 0 Å². The van der Waals surface area contributed by atoms with E-state index < -0.39 is 5.25 Å². The molecule has 0 aromatic heterocycles. The molecule has 1 saturated heterocycles. The average molecular weight is 473 g/mol. The van der Waals surface area contributed by atoms with Crippen LogP contribution in [-0.4, -0.2) is 40.5 Å². The van der Waals surface area contributed by atoms with E-state index in [0.29, 0.717) is 18.5 Å². The van der Waals surface area contributed by atoms with E-state index in [1.165, 1.54) is 11.8 Å². The zero-order valence-corrected chi connectivity index (χ0v) is 18.6. The summed E-state index contributed by atoms with van der Waals surface area (Å²) in [5, 5.41) is 3.19. The molecule has 29 heavy (non-hydrogen) atoms. The van der Waals surface area contributed by atoms with Crippen molar-refractivity contribution in [3.63, 3.8) is 0 Å². The Morgan fingerprint density at radius 1 is 1.28 bits per heavy atom. The number of fused-ring (bicyclic) bond motifs is 1. The monoisotopic (exact) mass is 472 g/mol. The van der Waals surface area contributed by atoms with Crippen molar-refractivity contribution in [2.75, 3.05) is 23.6 Å². The number of rotatable bonds is 4. The van der Waals surface area contributed by atoms with Crippen LogP contribution in [0.25, 0.3) is 0 Å². The van der Waals surface area contributed by atoms with E-state index in [4.69, 9.17) is 0 Å². The molecule has 1 fully saturated rings. The quantitative estimate of drug-likeness (QED) is 0.726. The number of amidine groups is 1. The van der Waals surface area contributed by atoms with Crippen LogP contribution in [0.15, 0.2) is 51.9 Å². The van der Waals surface area contributed by atoms with Crippen LogP contribution >= 0.6 is 27.7 Å². The van der Waals surface area contributed by atoms with E-state index >= 15 is 0 Å². The number of nitrogens with zero attached hydrogens (tertiary/aromatic N) is 3. The van der Waals surface area contributed by atoms with Gasteiger partial charge in [0, 0.05) is 22.3 Å². The van der Waals surface area contributed by atoms with Crippen molar-refractivity contribution in [1.29, 1.82) is 0 Å². The van der Waals surface area contributed by atoms with Crippen LogP contribution in [0.3, 0.4) is 0 Å². The van der Waals surface area contributed by atoms with E-state index in [2.05, 4.69) is 26.2 Å². The van der Waals surface area contributed by atoms with Crippen LogP contribution < -0.4 is 10.2 Å². The fourth-order valence-electron chi connectivity index (χ4n) is 3.41. The molecule has 8 heteroatoms. The first kappa shape index (κ1) is 20.0. The van der Waals surface area contributed by atoms with Crippen molar-refractivity contribution in [2.45, 2.75) is 25.5 Å². The highest BCUT2D eigenvalue weighted by atomic mass is 79.9. The summed E-state index contributed by atoms with van der Waals surface area (Å²) in [7, 11) is 0. The van der Waals surface area contributed by atoms with Crippen molar-refractivity contribution < 1.29 is 9.59 Å². The summed E-state index contributed by atoms with van der Waals surface area (Å²) < 4.78 is 0.979. The van der Waals surface area contributed by atoms with Crippen LogP contribution in [0.1, 0.15) is 17.5 Å². The number of carbonyl (C=O) groups excluding carboxylic acids is 2. The molecule has 4 rings (SSSR count). The number of hydrogen-bond acceptors (Lipinski definition) is 5. The molecule has 0 radical (unpaired) electrons. The second-order valence-corrected chi connectivity index (χ2v) is 9.27. The van der Waals surface area contributed by atoms with Gasteiger partial charge < -0.3 is 10.2 Å². The van der Waals surface area contributed by atoms with Gasteiger partial charge in [0.1, 0.15) is 18.6 Å². The number of aryl methyl sites for hydroxylation is 2. The minimum Gasteiger partial charge on any atom is -0.334 e. The van der Waals surface area contributed by atoms with Gasteiger partial charge in [-0.05, 0) is 43.7 Å². The molecule has 2 aromatic carbocycles. The Kier molecular flexibility index (Phi) is 5.65. The molecule has 2 heterocycles. The molecule has 0 bridgehead atoms. The van der Waals surface area contributed by atoms with Gasteiger partial charge >= 0.3 is 0 Å². The number of nitrogens with one attached hydrogen (secondary N) is 1. The summed E-state index contributed by atoms with van der Waals surface area (Å²) in [6.07, 6.45) is 0.128. The Bertz CT molecular complexity index is 1010. The van der Waals surface area contributed by atoms with Gasteiger partial charge in [0.15, 0.2) is 5.17 Å². The highest BCUT2D eigenvalue weighted by Crippen LogP contribution is 2.33. The highest BCUT2D eigenvalue weighted by Gasteiger charge is 2.41. The number of anilines is 2. The van der Waals surface area contributed by atoms with Gasteiger partial charge in [0.05, 0.1) is 0 Å². The summed E-state index contributed by atoms with van der Waals surface area (Å²) in [6, 6.07) is 13.8. The normalized spacial score (nSPS) is 18.5. The molecule has 6 nitrogen and oxygen atoms in total. The van der Waals surface area contributed by atoms with E-state index in [1.807, 2.05) is 61.2 Å². The van der Waals surface area contributed by atoms with Crippen LogP contribution in [0.4, 0.5) is 11.4 Å². The number of aliphatic imine (C=N–C) groups is 1.